The number of benzene rings is 3. The topological polar surface area (TPSA) is 95.0 Å². The van der Waals surface area contributed by atoms with Crippen LogP contribution >= 0.6 is 0 Å². The molecule has 1 atom stereocenters. The van der Waals surface area contributed by atoms with Crippen LogP contribution in [0.15, 0.2) is 54.6 Å². The fourth-order valence-electron chi connectivity index (χ4n) is 4.50. The number of aryl methyl sites for hydroxylation is 1. The van der Waals surface area contributed by atoms with Gasteiger partial charge in [-0.3, -0.25) is 24.1 Å². The summed E-state index contributed by atoms with van der Waals surface area (Å²) in [6, 6.07) is 8.71. The van der Waals surface area contributed by atoms with Crippen molar-refractivity contribution in [3.63, 3.8) is 0 Å². The Bertz CT molecular complexity index is 1590. The molecule has 2 aliphatic heterocycles. The lowest BCUT2D eigenvalue weighted by atomic mass is 9.84. The third-order valence-corrected chi connectivity index (χ3v) is 6.61. The zero-order chi connectivity index (χ0) is 29.7. The van der Waals surface area contributed by atoms with Crippen molar-refractivity contribution in [2.75, 3.05) is 18.9 Å². The van der Waals surface area contributed by atoms with Gasteiger partial charge in [-0.1, -0.05) is 18.2 Å². The Morgan fingerprint density at radius 3 is 1.65 bits per heavy atom. The van der Waals surface area contributed by atoms with Crippen molar-refractivity contribution in [1.29, 1.82) is 0 Å². The van der Waals surface area contributed by atoms with E-state index >= 15 is 4.39 Å². The minimum Gasteiger partial charge on any atom is -0.508 e. The van der Waals surface area contributed by atoms with Crippen LogP contribution in [0.1, 0.15) is 58.1 Å². The lowest BCUT2D eigenvalue weighted by molar-refractivity contribution is -0.219. The van der Waals surface area contributed by atoms with Crippen LogP contribution in [-0.4, -0.2) is 53.8 Å². The number of aromatic hydroxyl groups is 1. The molecule has 4 amide bonds. The lowest BCUT2D eigenvalue weighted by Gasteiger charge is -2.29. The van der Waals surface area contributed by atoms with E-state index in [1.54, 1.807) is 6.92 Å². The molecule has 2 aliphatic rings. The molecule has 0 saturated carbocycles. The van der Waals surface area contributed by atoms with Crippen LogP contribution in [0.4, 0.5) is 32.0 Å². The molecule has 0 aliphatic carbocycles. The maximum atomic E-state index is 16.2. The molecule has 1 N–H and O–H groups in total. The van der Waals surface area contributed by atoms with E-state index < -0.39 is 59.1 Å². The third kappa shape index (κ3) is 4.17. The maximum Gasteiger partial charge on any atom is 0.431 e. The normalized spacial score (nSPS) is 16.0. The number of halogens is 6. The number of hydrogen-bond acceptors (Lipinski definition) is 5. The van der Waals surface area contributed by atoms with E-state index in [-0.39, 0.29) is 28.1 Å². The van der Waals surface area contributed by atoms with Crippen LogP contribution in [0.5, 0.6) is 5.75 Å². The van der Waals surface area contributed by atoms with E-state index in [4.69, 9.17) is 0 Å². The van der Waals surface area contributed by atoms with Gasteiger partial charge in [-0.2, -0.15) is 13.2 Å². The summed E-state index contributed by atoms with van der Waals surface area (Å²) in [5.74, 6) is -3.66. The second-order valence-corrected chi connectivity index (χ2v) is 8.86. The van der Waals surface area contributed by atoms with Gasteiger partial charge < -0.3 is 5.11 Å². The van der Waals surface area contributed by atoms with Gasteiger partial charge in [0.1, 0.15) is 5.75 Å². The van der Waals surface area contributed by atoms with Crippen LogP contribution in [-0.2, 0) is 5.67 Å². The standard InChI is InChI=1S/C26H16F4N2O5.CH2F2/c1-12-3-6-15(11-20(12)33)32-23(36)17-8-5-14(10-19(17)24(32)37)25(27,26(28,29)30)13-4-7-16-18(9-13)22(35)31(2)21(16)34;2-1-3/h3-11,33H,1-2H3;1H2. The number of phenols is 1. The molecule has 0 saturated heterocycles. The summed E-state index contributed by atoms with van der Waals surface area (Å²) in [4.78, 5) is 51.8. The van der Waals surface area contributed by atoms with Crippen molar-refractivity contribution < 1.29 is 50.6 Å². The largest absolute Gasteiger partial charge is 0.508 e. The van der Waals surface area contributed by atoms with Gasteiger partial charge >= 0.3 is 6.18 Å². The van der Waals surface area contributed by atoms with Gasteiger partial charge in [0.25, 0.3) is 29.3 Å². The third-order valence-electron chi connectivity index (χ3n) is 6.61. The Balaban J connectivity index is 0.00000118. The van der Waals surface area contributed by atoms with Crippen molar-refractivity contribution in [1.82, 2.24) is 4.90 Å². The Morgan fingerprint density at radius 1 is 0.700 bits per heavy atom. The Hall–Kier alpha value is -4.68. The maximum absolute atomic E-state index is 16.2. The number of amides is 4. The van der Waals surface area contributed by atoms with E-state index in [9.17, 15) is 46.2 Å². The molecule has 5 rings (SSSR count). The number of carbonyl (C=O) groups excluding carboxylic acids is 4. The second-order valence-electron chi connectivity index (χ2n) is 8.86. The molecule has 0 bridgehead atoms. The molecule has 13 heteroatoms. The monoisotopic (exact) mass is 564 g/mol. The number of fused-ring (bicyclic) bond motifs is 2. The molecule has 3 aromatic carbocycles. The summed E-state index contributed by atoms with van der Waals surface area (Å²) in [6.07, 6.45) is -5.54. The first-order valence-electron chi connectivity index (χ1n) is 11.4. The van der Waals surface area contributed by atoms with E-state index in [0.29, 0.717) is 27.5 Å². The Labute approximate surface area is 222 Å². The van der Waals surface area contributed by atoms with Gasteiger partial charge in [0.05, 0.1) is 27.9 Å². The summed E-state index contributed by atoms with van der Waals surface area (Å²) in [5, 5.41) is 9.96. The average Bonchev–Trinajstić information content (AvgIpc) is 3.28. The van der Waals surface area contributed by atoms with Gasteiger partial charge in [-0.25, -0.2) is 18.1 Å². The van der Waals surface area contributed by atoms with Crippen LogP contribution in [0.25, 0.3) is 0 Å². The van der Waals surface area contributed by atoms with E-state index in [1.807, 2.05) is 0 Å². The highest BCUT2D eigenvalue weighted by atomic mass is 19.4. The summed E-state index contributed by atoms with van der Waals surface area (Å²) < 4.78 is 78.3. The van der Waals surface area contributed by atoms with Crippen LogP contribution in [0, 0.1) is 6.92 Å². The molecule has 7 nitrogen and oxygen atoms in total. The Morgan fingerprint density at radius 2 is 1.15 bits per heavy atom. The minimum atomic E-state index is -5.54. The molecule has 208 valence electrons. The number of imide groups is 2. The van der Waals surface area contributed by atoms with E-state index in [2.05, 4.69) is 0 Å². The first-order valence-corrected chi connectivity index (χ1v) is 11.4. The lowest BCUT2D eigenvalue weighted by Crippen LogP contribution is -2.39. The molecule has 0 spiro atoms. The summed E-state index contributed by atoms with van der Waals surface area (Å²) in [7, 11) is 1.15. The summed E-state index contributed by atoms with van der Waals surface area (Å²) >= 11 is 0. The average molecular weight is 564 g/mol. The number of phenolic OH excluding ortho intramolecular Hbond substituents is 1. The highest BCUT2D eigenvalue weighted by Crippen LogP contribution is 2.49. The minimum absolute atomic E-state index is 0.0101. The number of rotatable bonds is 3. The van der Waals surface area contributed by atoms with Gasteiger partial charge in [-0.05, 0) is 42.8 Å². The van der Waals surface area contributed by atoms with Gasteiger partial charge in [0.15, 0.2) is 0 Å². The highest BCUT2D eigenvalue weighted by molar-refractivity contribution is 6.34. The first-order chi connectivity index (χ1) is 18.7. The fraction of sp³-hybridized carbons (Fsp3) is 0.185. The van der Waals surface area contributed by atoms with E-state index in [1.165, 1.54) is 12.1 Å². The highest BCUT2D eigenvalue weighted by Gasteiger charge is 2.59. The molecule has 0 aromatic heterocycles. The fourth-order valence-corrected chi connectivity index (χ4v) is 4.50. The quantitative estimate of drug-likeness (QED) is 0.340. The van der Waals surface area contributed by atoms with E-state index in [0.717, 1.165) is 37.4 Å². The predicted molar refractivity (Wildman–Crippen MR) is 128 cm³/mol. The van der Waals surface area contributed by atoms with Gasteiger partial charge in [0.2, 0.25) is 6.93 Å². The number of alkyl halides is 6. The van der Waals surface area contributed by atoms with Gasteiger partial charge in [0, 0.05) is 24.2 Å². The molecule has 0 radical (unpaired) electrons. The van der Waals surface area contributed by atoms with Gasteiger partial charge in [-0.15, -0.1) is 0 Å². The molecule has 40 heavy (non-hydrogen) atoms. The van der Waals surface area contributed by atoms with Crippen molar-refractivity contribution in [2.45, 2.75) is 18.8 Å². The second kappa shape index (κ2) is 9.81. The van der Waals surface area contributed by atoms with Crippen LogP contribution in [0.2, 0.25) is 0 Å². The number of nitrogens with zero attached hydrogens (tertiary/aromatic N) is 2. The molecular weight excluding hydrogens is 546 g/mol. The van der Waals surface area contributed by atoms with Crippen LogP contribution in [0.3, 0.4) is 0 Å². The predicted octanol–water partition coefficient (Wildman–Crippen LogP) is 5.39. The summed E-state index contributed by atoms with van der Waals surface area (Å²) in [6.45, 7) is -0.161. The molecule has 2 heterocycles. The van der Waals surface area contributed by atoms with Crippen molar-refractivity contribution in [3.8, 4) is 5.75 Å². The van der Waals surface area contributed by atoms with Crippen LogP contribution < -0.4 is 4.90 Å². The van der Waals surface area contributed by atoms with Crippen molar-refractivity contribution >= 4 is 29.3 Å². The van der Waals surface area contributed by atoms with Crippen molar-refractivity contribution in [3.05, 3.63) is 93.5 Å². The zero-order valence-electron chi connectivity index (χ0n) is 20.6. The number of hydrogen-bond donors (Lipinski definition) is 1. The van der Waals surface area contributed by atoms with Crippen molar-refractivity contribution in [2.24, 2.45) is 0 Å². The number of carbonyl (C=O) groups is 4. The number of anilines is 1. The summed E-state index contributed by atoms with van der Waals surface area (Å²) in [5.41, 5.74) is -6.91. The Kier molecular flexibility index (Phi) is 6.95. The molecule has 1 unspecified atom stereocenters. The SMILES string of the molecule is Cc1ccc(N2C(=O)c3ccc(C(F)(c4ccc5c(c4)C(=O)N(C)C5=O)C(F)(F)F)cc3C2=O)cc1O.FCF. The smallest absolute Gasteiger partial charge is 0.431 e. The first kappa shape index (κ1) is 28.3. The molecule has 3 aromatic rings. The molecule has 0 fully saturated rings. The molecular formula is C27H18F6N2O5. The zero-order valence-corrected chi connectivity index (χ0v) is 20.6.